The molecule has 2 N–H and O–H groups in total. The number of sulfonamides is 1. The van der Waals surface area contributed by atoms with Crippen LogP contribution in [0.25, 0.3) is 5.70 Å². The standard InChI is InChI=1S/C17H19N3O2S2/c1-13(18-19-14-7-2-3-8-14)15-9-4-5-10-16(15)20-24(21,22)17-11-6-12-23-17/h4-6,9-12,18,20H,1-3,7-8H2. The van der Waals surface area contributed by atoms with E-state index in [0.717, 1.165) is 18.6 Å². The molecule has 1 aromatic heterocycles. The van der Waals surface area contributed by atoms with E-state index in [1.54, 1.807) is 29.6 Å². The third kappa shape index (κ3) is 3.85. The molecule has 7 heteroatoms. The summed E-state index contributed by atoms with van der Waals surface area (Å²) in [5.74, 6) is 0. The fraction of sp³-hybridized carbons (Fsp3) is 0.235. The SMILES string of the molecule is C=C(NN=C1CCCC1)c1ccccc1NS(=O)(=O)c1cccs1. The third-order valence-corrected chi connectivity index (χ3v) is 6.55. The van der Waals surface area contributed by atoms with Gasteiger partial charge >= 0.3 is 0 Å². The molecule has 1 aliphatic carbocycles. The maximum absolute atomic E-state index is 12.4. The maximum atomic E-state index is 12.4. The zero-order valence-electron chi connectivity index (χ0n) is 13.2. The molecule has 5 nitrogen and oxygen atoms in total. The minimum atomic E-state index is -3.59. The molecule has 3 rings (SSSR count). The molecule has 0 spiro atoms. The van der Waals surface area contributed by atoms with Crippen LogP contribution in [-0.2, 0) is 10.0 Å². The molecule has 126 valence electrons. The highest BCUT2D eigenvalue weighted by molar-refractivity contribution is 7.94. The number of nitrogens with one attached hydrogen (secondary N) is 2. The lowest BCUT2D eigenvalue weighted by Crippen LogP contribution is -2.14. The second-order valence-electron chi connectivity index (χ2n) is 5.56. The Kier molecular flexibility index (Phi) is 5.01. The van der Waals surface area contributed by atoms with Gasteiger partial charge in [-0.15, -0.1) is 11.3 Å². The fourth-order valence-corrected chi connectivity index (χ4v) is 4.62. The number of para-hydroxylation sites is 1. The predicted molar refractivity (Wildman–Crippen MR) is 99.6 cm³/mol. The van der Waals surface area contributed by atoms with Gasteiger partial charge in [0.25, 0.3) is 10.0 Å². The molecule has 1 fully saturated rings. The van der Waals surface area contributed by atoms with Crippen LogP contribution < -0.4 is 10.1 Å². The van der Waals surface area contributed by atoms with Crippen molar-refractivity contribution in [3.05, 3.63) is 53.9 Å². The molecule has 0 saturated heterocycles. The van der Waals surface area contributed by atoms with Gasteiger partial charge in [-0.25, -0.2) is 8.42 Å². The van der Waals surface area contributed by atoms with Gasteiger partial charge in [0.1, 0.15) is 4.21 Å². The van der Waals surface area contributed by atoms with E-state index in [4.69, 9.17) is 0 Å². The zero-order chi connectivity index (χ0) is 17.0. The van der Waals surface area contributed by atoms with Crippen LogP contribution >= 0.6 is 11.3 Å². The highest BCUT2D eigenvalue weighted by Crippen LogP contribution is 2.26. The molecule has 0 bridgehead atoms. The summed E-state index contributed by atoms with van der Waals surface area (Å²) in [6.07, 6.45) is 4.36. The second kappa shape index (κ2) is 7.19. The third-order valence-electron chi connectivity index (χ3n) is 3.79. The van der Waals surface area contributed by atoms with Crippen molar-refractivity contribution in [3.63, 3.8) is 0 Å². The molecule has 0 atom stereocenters. The zero-order valence-corrected chi connectivity index (χ0v) is 14.8. The maximum Gasteiger partial charge on any atom is 0.271 e. The Balaban J connectivity index is 1.80. The fourth-order valence-electron chi connectivity index (χ4n) is 2.55. The molecule has 0 radical (unpaired) electrons. The van der Waals surface area contributed by atoms with E-state index in [1.807, 2.05) is 12.1 Å². The monoisotopic (exact) mass is 361 g/mol. The van der Waals surface area contributed by atoms with Crippen LogP contribution in [0, 0.1) is 0 Å². The number of nitrogens with zero attached hydrogens (tertiary/aromatic N) is 1. The molecular weight excluding hydrogens is 342 g/mol. The van der Waals surface area contributed by atoms with Crippen LogP contribution in [0.3, 0.4) is 0 Å². The van der Waals surface area contributed by atoms with E-state index in [-0.39, 0.29) is 4.21 Å². The number of hydrazone groups is 1. The van der Waals surface area contributed by atoms with Gasteiger partial charge in [0.2, 0.25) is 0 Å². The predicted octanol–water partition coefficient (Wildman–Crippen LogP) is 4.04. The van der Waals surface area contributed by atoms with Crippen molar-refractivity contribution >= 4 is 38.5 Å². The van der Waals surface area contributed by atoms with Crippen LogP contribution in [0.1, 0.15) is 31.2 Å². The van der Waals surface area contributed by atoms with Crippen LogP contribution in [0.4, 0.5) is 5.69 Å². The molecule has 2 aromatic rings. The number of hydrogen-bond donors (Lipinski definition) is 2. The molecule has 0 aliphatic heterocycles. The highest BCUT2D eigenvalue weighted by Gasteiger charge is 2.17. The minimum Gasteiger partial charge on any atom is -0.278 e. The van der Waals surface area contributed by atoms with Crippen molar-refractivity contribution in [1.29, 1.82) is 0 Å². The first kappa shape index (κ1) is 16.7. The lowest BCUT2D eigenvalue weighted by Gasteiger charge is -2.13. The van der Waals surface area contributed by atoms with E-state index < -0.39 is 10.0 Å². The van der Waals surface area contributed by atoms with Crippen molar-refractivity contribution in [2.75, 3.05) is 4.72 Å². The molecule has 1 saturated carbocycles. The molecule has 0 unspecified atom stereocenters. The van der Waals surface area contributed by atoms with E-state index >= 15 is 0 Å². The first-order valence-corrected chi connectivity index (χ1v) is 10.1. The number of thiophene rings is 1. The Morgan fingerprint density at radius 3 is 2.58 bits per heavy atom. The summed E-state index contributed by atoms with van der Waals surface area (Å²) in [6.45, 7) is 3.99. The largest absolute Gasteiger partial charge is 0.278 e. The summed E-state index contributed by atoms with van der Waals surface area (Å²) < 4.78 is 27.8. The number of hydrogen-bond acceptors (Lipinski definition) is 5. The summed E-state index contributed by atoms with van der Waals surface area (Å²) in [5.41, 5.74) is 5.83. The lowest BCUT2D eigenvalue weighted by molar-refractivity contribution is 0.603. The number of anilines is 1. The average molecular weight is 361 g/mol. The summed E-state index contributed by atoms with van der Waals surface area (Å²) >= 11 is 1.18. The second-order valence-corrected chi connectivity index (χ2v) is 8.42. The van der Waals surface area contributed by atoms with Crippen LogP contribution in [0.2, 0.25) is 0 Å². The van der Waals surface area contributed by atoms with Gasteiger partial charge in [-0.05, 0) is 43.2 Å². The molecule has 1 heterocycles. The van der Waals surface area contributed by atoms with Gasteiger partial charge < -0.3 is 0 Å². The van der Waals surface area contributed by atoms with Crippen molar-refractivity contribution < 1.29 is 8.42 Å². The smallest absolute Gasteiger partial charge is 0.271 e. The van der Waals surface area contributed by atoms with Gasteiger partial charge in [-0.2, -0.15) is 5.10 Å². The Hall–Kier alpha value is -2.12. The summed E-state index contributed by atoms with van der Waals surface area (Å²) in [7, 11) is -3.59. The molecular formula is C17H19N3O2S2. The summed E-state index contributed by atoms with van der Waals surface area (Å²) in [4.78, 5) is 0. The molecule has 1 aliphatic rings. The van der Waals surface area contributed by atoms with Gasteiger partial charge in [0.15, 0.2) is 0 Å². The van der Waals surface area contributed by atoms with Crippen molar-refractivity contribution in [2.45, 2.75) is 29.9 Å². The Labute approximate surface area is 146 Å². The lowest BCUT2D eigenvalue weighted by atomic mass is 10.1. The van der Waals surface area contributed by atoms with E-state index in [2.05, 4.69) is 21.8 Å². The Morgan fingerprint density at radius 1 is 1.12 bits per heavy atom. The van der Waals surface area contributed by atoms with E-state index in [0.29, 0.717) is 16.9 Å². The van der Waals surface area contributed by atoms with E-state index in [1.165, 1.54) is 24.2 Å². The molecule has 1 aromatic carbocycles. The highest BCUT2D eigenvalue weighted by atomic mass is 32.2. The van der Waals surface area contributed by atoms with Crippen LogP contribution in [0.15, 0.2) is 57.7 Å². The number of rotatable bonds is 6. The minimum absolute atomic E-state index is 0.280. The topological polar surface area (TPSA) is 70.6 Å². The van der Waals surface area contributed by atoms with Gasteiger partial charge in [-0.3, -0.25) is 10.1 Å². The van der Waals surface area contributed by atoms with E-state index in [9.17, 15) is 8.42 Å². The Bertz CT molecular complexity index is 848. The molecule has 0 amide bonds. The van der Waals surface area contributed by atoms with Crippen molar-refractivity contribution in [2.24, 2.45) is 5.10 Å². The first-order chi connectivity index (χ1) is 11.6. The Morgan fingerprint density at radius 2 is 1.88 bits per heavy atom. The normalized spacial score (nSPS) is 14.4. The van der Waals surface area contributed by atoms with Gasteiger partial charge in [0, 0.05) is 11.3 Å². The molecule has 24 heavy (non-hydrogen) atoms. The van der Waals surface area contributed by atoms with Gasteiger partial charge in [0.05, 0.1) is 11.4 Å². The van der Waals surface area contributed by atoms with Crippen LogP contribution in [-0.4, -0.2) is 14.1 Å². The number of benzene rings is 1. The average Bonchev–Trinajstić information content (AvgIpc) is 3.26. The quantitative estimate of drug-likeness (QED) is 0.763. The first-order valence-electron chi connectivity index (χ1n) is 7.72. The van der Waals surface area contributed by atoms with Crippen LogP contribution in [0.5, 0.6) is 0 Å². The van der Waals surface area contributed by atoms with Crippen molar-refractivity contribution in [3.8, 4) is 0 Å². The summed E-state index contributed by atoms with van der Waals surface area (Å²) in [5, 5.41) is 6.11. The summed E-state index contributed by atoms with van der Waals surface area (Å²) in [6, 6.07) is 10.4. The van der Waals surface area contributed by atoms with Gasteiger partial charge in [-0.1, -0.05) is 30.8 Å². The van der Waals surface area contributed by atoms with Crippen molar-refractivity contribution in [1.82, 2.24) is 5.43 Å².